The molecule has 0 aliphatic rings. The van der Waals surface area contributed by atoms with Gasteiger partial charge >= 0.3 is 12.1 Å². The molecule has 2 heterocycles. The van der Waals surface area contributed by atoms with Crippen molar-refractivity contribution in [3.05, 3.63) is 77.8 Å². The highest BCUT2D eigenvalue weighted by Gasteiger charge is 2.37. The van der Waals surface area contributed by atoms with Crippen molar-refractivity contribution in [2.75, 3.05) is 0 Å². The van der Waals surface area contributed by atoms with Gasteiger partial charge in [0.25, 0.3) is 0 Å². The van der Waals surface area contributed by atoms with Crippen molar-refractivity contribution < 1.29 is 32.7 Å². The van der Waals surface area contributed by atoms with Crippen molar-refractivity contribution in [2.24, 2.45) is 0 Å². The van der Waals surface area contributed by atoms with Gasteiger partial charge in [0.1, 0.15) is 23.2 Å². The molecular formula is C26H25FN4O6. The zero-order chi connectivity index (χ0) is 26.8. The van der Waals surface area contributed by atoms with Crippen molar-refractivity contribution in [1.82, 2.24) is 20.5 Å². The van der Waals surface area contributed by atoms with Crippen LogP contribution in [-0.2, 0) is 16.7 Å². The third-order valence-electron chi connectivity index (χ3n) is 5.25. The summed E-state index contributed by atoms with van der Waals surface area (Å²) in [5, 5.41) is 20.6. The molecule has 11 heteroatoms. The van der Waals surface area contributed by atoms with E-state index in [0.717, 1.165) is 0 Å². The van der Waals surface area contributed by atoms with E-state index in [2.05, 4.69) is 20.5 Å². The van der Waals surface area contributed by atoms with Gasteiger partial charge in [-0.3, -0.25) is 0 Å². The highest BCUT2D eigenvalue weighted by atomic mass is 19.1. The summed E-state index contributed by atoms with van der Waals surface area (Å²) in [6.07, 6.45) is 2.27. The number of carboxylic acid groups (broad SMARTS) is 1. The number of hydrogen-bond donors (Lipinski definition) is 2. The Morgan fingerprint density at radius 3 is 2.30 bits per heavy atom. The van der Waals surface area contributed by atoms with Gasteiger partial charge in [0.15, 0.2) is 0 Å². The second-order valence-electron chi connectivity index (χ2n) is 9.62. The van der Waals surface area contributed by atoms with Gasteiger partial charge in [0.05, 0.1) is 11.8 Å². The number of ether oxygens (including phenoxy) is 1. The molecule has 10 nitrogen and oxygen atoms in total. The first-order valence-electron chi connectivity index (χ1n) is 11.3. The Morgan fingerprint density at radius 2 is 1.70 bits per heavy atom. The molecule has 2 aromatic carbocycles. The van der Waals surface area contributed by atoms with Crippen LogP contribution in [0.4, 0.5) is 9.18 Å². The lowest BCUT2D eigenvalue weighted by Crippen LogP contribution is -2.47. The summed E-state index contributed by atoms with van der Waals surface area (Å²) in [7, 11) is 0. The highest BCUT2D eigenvalue weighted by Crippen LogP contribution is 2.31. The van der Waals surface area contributed by atoms with E-state index < -0.39 is 29.0 Å². The van der Waals surface area contributed by atoms with Crippen LogP contribution in [0, 0.1) is 5.82 Å². The maximum atomic E-state index is 13.5. The second kappa shape index (κ2) is 9.84. The molecule has 2 N–H and O–H groups in total. The lowest BCUT2D eigenvalue weighted by Gasteiger charge is -2.29. The first-order valence-corrected chi connectivity index (χ1v) is 11.3. The summed E-state index contributed by atoms with van der Waals surface area (Å²) < 4.78 is 30.2. The predicted molar refractivity (Wildman–Crippen MR) is 129 cm³/mol. The zero-order valence-corrected chi connectivity index (χ0v) is 20.6. The number of aromatic carboxylic acids is 1. The second-order valence-corrected chi connectivity index (χ2v) is 9.62. The van der Waals surface area contributed by atoms with E-state index in [0.29, 0.717) is 16.7 Å². The Labute approximate surface area is 211 Å². The number of alkyl carbamates (subject to hydrolysis) is 1. The van der Waals surface area contributed by atoms with Crippen LogP contribution in [0.3, 0.4) is 0 Å². The lowest BCUT2D eigenvalue weighted by molar-refractivity contribution is 0.0443. The van der Waals surface area contributed by atoms with E-state index in [1.54, 1.807) is 45.9 Å². The van der Waals surface area contributed by atoms with Crippen molar-refractivity contribution in [3.8, 4) is 22.9 Å². The molecule has 1 unspecified atom stereocenters. The minimum absolute atomic E-state index is 0.0159. The molecule has 192 valence electrons. The molecule has 2 aromatic heterocycles. The third-order valence-corrected chi connectivity index (χ3v) is 5.25. The van der Waals surface area contributed by atoms with Crippen LogP contribution in [0.25, 0.3) is 22.9 Å². The number of benzene rings is 2. The van der Waals surface area contributed by atoms with E-state index >= 15 is 0 Å². The van der Waals surface area contributed by atoms with Gasteiger partial charge in [-0.1, -0.05) is 12.1 Å². The van der Waals surface area contributed by atoms with E-state index in [4.69, 9.17) is 13.6 Å². The van der Waals surface area contributed by atoms with E-state index in [-0.39, 0.29) is 29.7 Å². The maximum absolute atomic E-state index is 13.5. The predicted octanol–water partition coefficient (Wildman–Crippen LogP) is 5.21. The number of nitrogens with zero attached hydrogens (tertiary/aromatic N) is 3. The number of rotatable bonds is 7. The van der Waals surface area contributed by atoms with E-state index in [9.17, 15) is 19.1 Å². The fourth-order valence-electron chi connectivity index (χ4n) is 3.64. The molecule has 4 rings (SSSR count). The Hall–Kier alpha value is -4.54. The number of halogens is 1. The minimum atomic E-state index is -1.25. The molecule has 37 heavy (non-hydrogen) atoms. The average Bonchev–Trinajstić information content (AvgIpc) is 3.52. The maximum Gasteiger partial charge on any atom is 0.408 e. The summed E-state index contributed by atoms with van der Waals surface area (Å²) in [5.74, 6) is -1.29. The largest absolute Gasteiger partial charge is 0.478 e. The van der Waals surface area contributed by atoms with Gasteiger partial charge in [-0.2, -0.15) is 0 Å². The quantitative estimate of drug-likeness (QED) is 0.344. The third kappa shape index (κ3) is 6.18. The number of amides is 1. The normalized spacial score (nSPS) is 13.1. The van der Waals surface area contributed by atoms with Crippen molar-refractivity contribution in [3.63, 3.8) is 0 Å². The van der Waals surface area contributed by atoms with Crippen molar-refractivity contribution >= 4 is 12.1 Å². The number of hydrogen-bond acceptors (Lipinski definition) is 8. The van der Waals surface area contributed by atoms with Crippen molar-refractivity contribution in [2.45, 2.75) is 45.3 Å². The summed E-state index contributed by atoms with van der Waals surface area (Å²) in [4.78, 5) is 28.5. The van der Waals surface area contributed by atoms with Gasteiger partial charge in [0, 0.05) is 17.5 Å². The fourth-order valence-corrected chi connectivity index (χ4v) is 3.64. The molecule has 0 saturated heterocycles. The Balaban J connectivity index is 1.73. The first kappa shape index (κ1) is 25.5. The van der Waals surface area contributed by atoms with Gasteiger partial charge in [-0.15, -0.1) is 10.2 Å². The highest BCUT2D eigenvalue weighted by molar-refractivity contribution is 5.91. The smallest absolute Gasteiger partial charge is 0.408 e. The van der Waals surface area contributed by atoms with Crippen LogP contribution in [0.1, 0.15) is 49.5 Å². The SMILES string of the molecule is CC(C)(C)OC(=O)NC(C)(Cc1ccc(F)cc1)c1nnc(-c2cc(C(=O)O)cc(-c3ncco3)c2)o1. The van der Waals surface area contributed by atoms with Gasteiger partial charge in [-0.05, 0) is 63.6 Å². The minimum Gasteiger partial charge on any atom is -0.478 e. The van der Waals surface area contributed by atoms with Crippen LogP contribution in [0.2, 0.25) is 0 Å². The molecule has 0 aliphatic heterocycles. The summed E-state index contributed by atoms with van der Waals surface area (Å²) in [6.45, 7) is 6.87. The van der Waals surface area contributed by atoms with Crippen LogP contribution in [-0.4, -0.2) is 38.0 Å². The standard InChI is InChI=1S/C26H25FN4O6/c1-25(2,3)37-24(34)29-26(4,14-15-5-7-19(27)8-6-15)23-31-30-21(36-23)17-11-16(20-28-9-10-35-20)12-18(13-17)22(32)33/h5-13H,14H2,1-4H3,(H,29,34)(H,32,33). The molecule has 1 amide bonds. The first-order chi connectivity index (χ1) is 17.4. The topological polar surface area (TPSA) is 141 Å². The van der Waals surface area contributed by atoms with Crippen molar-refractivity contribution in [1.29, 1.82) is 0 Å². The Morgan fingerprint density at radius 1 is 1.03 bits per heavy atom. The Kier molecular flexibility index (Phi) is 6.80. The fraction of sp³-hybridized carbons (Fsp3) is 0.269. The average molecular weight is 509 g/mol. The van der Waals surface area contributed by atoms with Gasteiger partial charge in [-0.25, -0.2) is 19.0 Å². The van der Waals surface area contributed by atoms with Gasteiger partial charge in [0.2, 0.25) is 17.7 Å². The molecule has 0 bridgehead atoms. The summed E-state index contributed by atoms with van der Waals surface area (Å²) in [6, 6.07) is 10.2. The zero-order valence-electron chi connectivity index (χ0n) is 20.6. The molecule has 0 fully saturated rings. The van der Waals surface area contributed by atoms with E-state index in [1.807, 2.05) is 0 Å². The number of carbonyl (C=O) groups is 2. The number of aromatic nitrogens is 3. The molecule has 0 radical (unpaired) electrons. The Bertz CT molecular complexity index is 1410. The van der Waals surface area contributed by atoms with Crippen LogP contribution in [0.15, 0.2) is 63.8 Å². The summed E-state index contributed by atoms with van der Waals surface area (Å²) in [5.41, 5.74) is -0.630. The molecule has 0 saturated carbocycles. The number of oxazole rings is 1. The van der Waals surface area contributed by atoms with Crippen LogP contribution < -0.4 is 5.32 Å². The van der Waals surface area contributed by atoms with Crippen LogP contribution in [0.5, 0.6) is 0 Å². The molecule has 0 spiro atoms. The molecule has 0 aliphatic carbocycles. The van der Waals surface area contributed by atoms with Crippen LogP contribution >= 0.6 is 0 Å². The monoisotopic (exact) mass is 508 g/mol. The molecular weight excluding hydrogens is 483 g/mol. The molecule has 4 aromatic rings. The number of nitrogens with one attached hydrogen (secondary N) is 1. The molecule has 1 atom stereocenters. The number of carboxylic acids is 1. The van der Waals surface area contributed by atoms with E-state index in [1.165, 1.54) is 36.7 Å². The summed E-state index contributed by atoms with van der Waals surface area (Å²) >= 11 is 0. The van der Waals surface area contributed by atoms with Gasteiger partial charge < -0.3 is 24.0 Å². The number of carbonyl (C=O) groups excluding carboxylic acids is 1. The lowest BCUT2D eigenvalue weighted by atomic mass is 9.92.